The normalized spacial score (nSPS) is 15.0. The van der Waals surface area contributed by atoms with Crippen molar-refractivity contribution in [3.05, 3.63) is 34.6 Å². The van der Waals surface area contributed by atoms with E-state index in [9.17, 15) is 0 Å². The van der Waals surface area contributed by atoms with Crippen LogP contribution in [-0.2, 0) is 0 Å². The van der Waals surface area contributed by atoms with Crippen molar-refractivity contribution in [1.29, 1.82) is 0 Å². The summed E-state index contributed by atoms with van der Waals surface area (Å²) in [6.07, 6.45) is 2.49. The maximum Gasteiger partial charge on any atom is 0.131 e. The third kappa shape index (κ3) is 2.35. The smallest absolute Gasteiger partial charge is 0.131 e. The zero-order chi connectivity index (χ0) is 15.3. The first-order valence-electron chi connectivity index (χ1n) is 7.86. The van der Waals surface area contributed by atoms with Crippen molar-refractivity contribution in [2.45, 2.75) is 59.4 Å². The highest BCUT2D eigenvalue weighted by atomic mass is 15.2. The summed E-state index contributed by atoms with van der Waals surface area (Å²) in [6.45, 7) is 10.8. The van der Waals surface area contributed by atoms with Gasteiger partial charge in [0.05, 0.1) is 0 Å². The minimum atomic E-state index is 0.355. The lowest BCUT2D eigenvalue weighted by atomic mass is 9.99. The fourth-order valence-electron chi connectivity index (χ4n) is 3.05. The summed E-state index contributed by atoms with van der Waals surface area (Å²) >= 11 is 0. The third-order valence-electron chi connectivity index (χ3n) is 4.53. The second-order valence-corrected chi connectivity index (χ2v) is 6.69. The van der Waals surface area contributed by atoms with Gasteiger partial charge in [-0.05, 0) is 70.2 Å². The molecule has 3 rings (SSSR count). The molecule has 0 unspecified atom stereocenters. The molecule has 1 fully saturated rings. The van der Waals surface area contributed by atoms with Crippen LogP contribution < -0.4 is 5.73 Å². The van der Waals surface area contributed by atoms with Gasteiger partial charge in [0.1, 0.15) is 17.3 Å². The van der Waals surface area contributed by atoms with Crippen molar-refractivity contribution in [2.75, 3.05) is 5.73 Å². The molecule has 1 aromatic heterocycles. The predicted molar refractivity (Wildman–Crippen MR) is 88.6 cm³/mol. The first kappa shape index (κ1) is 14.2. The maximum absolute atomic E-state index is 6.46. The van der Waals surface area contributed by atoms with Crippen LogP contribution in [0.1, 0.15) is 61.2 Å². The van der Waals surface area contributed by atoms with Gasteiger partial charge in [-0.1, -0.05) is 6.07 Å². The zero-order valence-corrected chi connectivity index (χ0v) is 13.7. The molecule has 0 radical (unpaired) electrons. The molecule has 112 valence electrons. The molecule has 1 heterocycles. The van der Waals surface area contributed by atoms with Gasteiger partial charge >= 0.3 is 0 Å². The van der Waals surface area contributed by atoms with Crippen LogP contribution in [0.15, 0.2) is 12.1 Å². The van der Waals surface area contributed by atoms with Crippen molar-refractivity contribution >= 4 is 5.82 Å². The van der Waals surface area contributed by atoms with Crippen LogP contribution in [0, 0.1) is 20.8 Å². The number of hydrogen-bond acceptors (Lipinski definition) is 2. The van der Waals surface area contributed by atoms with E-state index in [-0.39, 0.29) is 0 Å². The topological polar surface area (TPSA) is 43.8 Å². The molecule has 1 aliphatic rings. The van der Waals surface area contributed by atoms with Crippen molar-refractivity contribution in [3.63, 3.8) is 0 Å². The molecule has 0 amide bonds. The minimum absolute atomic E-state index is 0.355. The number of rotatable bonds is 3. The first-order chi connectivity index (χ1) is 9.90. The van der Waals surface area contributed by atoms with Crippen LogP contribution in [0.5, 0.6) is 0 Å². The number of aryl methyl sites for hydroxylation is 3. The fraction of sp³-hybridized carbons (Fsp3) is 0.500. The summed E-state index contributed by atoms with van der Waals surface area (Å²) in [4.78, 5) is 4.93. The molecule has 21 heavy (non-hydrogen) atoms. The standard InChI is InChI=1S/C18H25N3/c1-10(2)21-17(19)16(20-18(21)14-6-7-14)15-9-12(4)11(3)8-13(15)5/h8-10,14H,6-7,19H2,1-5H3. The quantitative estimate of drug-likeness (QED) is 0.900. The lowest BCUT2D eigenvalue weighted by Gasteiger charge is -2.13. The highest BCUT2D eigenvalue weighted by Gasteiger charge is 2.32. The maximum atomic E-state index is 6.46. The second-order valence-electron chi connectivity index (χ2n) is 6.69. The molecule has 0 spiro atoms. The lowest BCUT2D eigenvalue weighted by Crippen LogP contribution is -2.09. The molecule has 2 N–H and O–H groups in total. The van der Waals surface area contributed by atoms with Gasteiger partial charge in [-0.15, -0.1) is 0 Å². The summed E-state index contributed by atoms with van der Waals surface area (Å²) in [5, 5.41) is 0. The first-order valence-corrected chi connectivity index (χ1v) is 7.86. The Hall–Kier alpha value is -1.77. The highest BCUT2D eigenvalue weighted by molar-refractivity contribution is 5.75. The summed E-state index contributed by atoms with van der Waals surface area (Å²) in [6, 6.07) is 4.81. The number of nitrogen functional groups attached to an aromatic ring is 1. The molecule has 1 aromatic carbocycles. The molecule has 0 aliphatic heterocycles. The largest absolute Gasteiger partial charge is 0.383 e. The Morgan fingerprint density at radius 3 is 2.29 bits per heavy atom. The number of benzene rings is 1. The Labute approximate surface area is 127 Å². The molecular formula is C18H25N3. The highest BCUT2D eigenvalue weighted by Crippen LogP contribution is 2.44. The van der Waals surface area contributed by atoms with Gasteiger partial charge in [-0.3, -0.25) is 0 Å². The summed E-state index contributed by atoms with van der Waals surface area (Å²) in [5.41, 5.74) is 12.5. The Balaban J connectivity index is 2.19. The average Bonchev–Trinajstić information content (AvgIpc) is 3.18. The van der Waals surface area contributed by atoms with Crippen LogP contribution in [0.25, 0.3) is 11.3 Å². The minimum Gasteiger partial charge on any atom is -0.383 e. The van der Waals surface area contributed by atoms with Crippen molar-refractivity contribution < 1.29 is 0 Å². The molecule has 0 saturated heterocycles. The monoisotopic (exact) mass is 283 g/mol. The van der Waals surface area contributed by atoms with Crippen molar-refractivity contribution in [2.24, 2.45) is 0 Å². The van der Waals surface area contributed by atoms with Gasteiger partial charge in [0.15, 0.2) is 0 Å². The molecule has 1 aliphatic carbocycles. The average molecular weight is 283 g/mol. The van der Waals surface area contributed by atoms with Crippen LogP contribution in [-0.4, -0.2) is 9.55 Å². The predicted octanol–water partition coefficient (Wildman–Crippen LogP) is 4.52. The third-order valence-corrected chi connectivity index (χ3v) is 4.53. The zero-order valence-electron chi connectivity index (χ0n) is 13.7. The van der Waals surface area contributed by atoms with Gasteiger partial charge in [0, 0.05) is 17.5 Å². The van der Waals surface area contributed by atoms with Crippen LogP contribution in [0.2, 0.25) is 0 Å². The van der Waals surface area contributed by atoms with E-state index in [2.05, 4.69) is 51.3 Å². The van der Waals surface area contributed by atoms with Crippen molar-refractivity contribution in [1.82, 2.24) is 9.55 Å². The summed E-state index contributed by atoms with van der Waals surface area (Å²) < 4.78 is 2.22. The number of nitrogens with two attached hydrogens (primary N) is 1. The van der Waals surface area contributed by atoms with E-state index in [1.807, 2.05) is 0 Å². The van der Waals surface area contributed by atoms with E-state index < -0.39 is 0 Å². The van der Waals surface area contributed by atoms with Gasteiger partial charge < -0.3 is 10.3 Å². The number of hydrogen-bond donors (Lipinski definition) is 1. The summed E-state index contributed by atoms with van der Waals surface area (Å²) in [7, 11) is 0. The van der Waals surface area contributed by atoms with E-state index in [1.165, 1.54) is 40.9 Å². The van der Waals surface area contributed by atoms with Crippen LogP contribution >= 0.6 is 0 Å². The Bertz CT molecular complexity index is 691. The number of anilines is 1. The van der Waals surface area contributed by atoms with E-state index in [0.29, 0.717) is 12.0 Å². The Morgan fingerprint density at radius 2 is 1.71 bits per heavy atom. The number of imidazole rings is 1. The molecule has 0 bridgehead atoms. The van der Waals surface area contributed by atoms with E-state index in [4.69, 9.17) is 10.7 Å². The molecule has 3 nitrogen and oxygen atoms in total. The van der Waals surface area contributed by atoms with Crippen LogP contribution in [0.3, 0.4) is 0 Å². The number of aromatic nitrogens is 2. The second kappa shape index (κ2) is 4.90. The number of nitrogens with zero attached hydrogens (tertiary/aromatic N) is 2. The molecule has 1 saturated carbocycles. The van der Waals surface area contributed by atoms with E-state index in [0.717, 1.165) is 11.5 Å². The van der Waals surface area contributed by atoms with E-state index in [1.54, 1.807) is 0 Å². The van der Waals surface area contributed by atoms with Gasteiger partial charge in [-0.25, -0.2) is 4.98 Å². The molecular weight excluding hydrogens is 258 g/mol. The molecule has 2 aromatic rings. The Kier molecular flexibility index (Phi) is 3.31. The lowest BCUT2D eigenvalue weighted by molar-refractivity contribution is 0.576. The SMILES string of the molecule is Cc1cc(C)c(-c2nc(C3CC3)n(C(C)C)c2N)cc1C. The van der Waals surface area contributed by atoms with Crippen molar-refractivity contribution in [3.8, 4) is 11.3 Å². The fourth-order valence-corrected chi connectivity index (χ4v) is 3.05. The van der Waals surface area contributed by atoms with Gasteiger partial charge in [0.25, 0.3) is 0 Å². The molecule has 3 heteroatoms. The van der Waals surface area contributed by atoms with E-state index >= 15 is 0 Å². The molecule has 0 atom stereocenters. The summed E-state index contributed by atoms with van der Waals surface area (Å²) in [5.74, 6) is 2.60. The van der Waals surface area contributed by atoms with Crippen LogP contribution in [0.4, 0.5) is 5.82 Å². The van der Waals surface area contributed by atoms with Gasteiger partial charge in [0.2, 0.25) is 0 Å². The Morgan fingerprint density at radius 1 is 1.10 bits per heavy atom. The van der Waals surface area contributed by atoms with Gasteiger partial charge in [-0.2, -0.15) is 0 Å².